The molecule has 4 aromatic carbocycles. The summed E-state index contributed by atoms with van der Waals surface area (Å²) < 4.78 is 32.2. The number of rotatable bonds is 6. The Morgan fingerprint density at radius 1 is 0.562 bits per heavy atom. The molecule has 5 heteroatoms. The van der Waals surface area contributed by atoms with Crippen molar-refractivity contribution in [2.45, 2.75) is 40.4 Å². The van der Waals surface area contributed by atoms with Gasteiger partial charge in [-0.2, -0.15) is 0 Å². The lowest BCUT2D eigenvalue weighted by molar-refractivity contribution is 0.387. The third-order valence-electron chi connectivity index (χ3n) is 5.35. The van der Waals surface area contributed by atoms with E-state index in [-0.39, 0.29) is 4.90 Å². The predicted molar refractivity (Wildman–Crippen MR) is 132 cm³/mol. The number of hydrogen-bond donors (Lipinski definition) is 0. The molecule has 0 radical (unpaired) electrons. The molecule has 0 spiro atoms. The van der Waals surface area contributed by atoms with E-state index >= 15 is 0 Å². The van der Waals surface area contributed by atoms with Crippen LogP contribution in [0.4, 0.5) is 0 Å². The fourth-order valence-corrected chi connectivity index (χ4v) is 9.47. The summed E-state index contributed by atoms with van der Waals surface area (Å²) in [6.45, 7) is 6.01. The normalized spacial score (nSPS) is 12.5. The molecule has 0 unspecified atom stereocenters. The van der Waals surface area contributed by atoms with Crippen molar-refractivity contribution >= 4 is 20.4 Å². The first-order chi connectivity index (χ1) is 15.3. The summed E-state index contributed by atoms with van der Waals surface area (Å²) in [6.07, 6.45) is 0. The van der Waals surface area contributed by atoms with E-state index < -0.39 is 20.4 Å². The van der Waals surface area contributed by atoms with E-state index in [1.165, 1.54) is 0 Å². The van der Waals surface area contributed by atoms with Crippen LogP contribution in [-0.4, -0.2) is 12.0 Å². The fraction of sp³-hybridized carbons (Fsp3) is 0.111. The molecular weight excluding hydrogens is 436 g/mol. The first kappa shape index (κ1) is 22.3. The second kappa shape index (κ2) is 8.94. The third kappa shape index (κ3) is 4.24. The molecule has 0 saturated carbocycles. The van der Waals surface area contributed by atoms with Crippen LogP contribution in [0.2, 0.25) is 0 Å². The fourth-order valence-electron chi connectivity index (χ4n) is 3.78. The minimum Gasteiger partial charge on any atom is -0.258 e. The van der Waals surface area contributed by atoms with Gasteiger partial charge >= 0.3 is 10.1 Å². The Hall–Kier alpha value is -2.86. The van der Waals surface area contributed by atoms with Gasteiger partial charge < -0.3 is 0 Å². The summed E-state index contributed by atoms with van der Waals surface area (Å²) in [5, 5.41) is 0. The Morgan fingerprint density at radius 3 is 1.56 bits per heavy atom. The van der Waals surface area contributed by atoms with Crippen molar-refractivity contribution in [3.63, 3.8) is 0 Å². The Morgan fingerprint density at radius 2 is 1.06 bits per heavy atom. The van der Waals surface area contributed by atoms with E-state index in [4.69, 9.17) is 3.63 Å². The maximum atomic E-state index is 13.7. The summed E-state index contributed by atoms with van der Waals surface area (Å²) in [5.74, 6) is 0. The van der Waals surface area contributed by atoms with Gasteiger partial charge in [0.1, 0.15) is 4.90 Å². The van der Waals surface area contributed by atoms with Crippen LogP contribution in [0.25, 0.3) is 0 Å². The molecule has 4 rings (SSSR count). The molecule has 0 aliphatic rings. The van der Waals surface area contributed by atoms with E-state index in [9.17, 15) is 8.42 Å². The largest absolute Gasteiger partial charge is 0.422 e. The highest BCUT2D eigenvalue weighted by Crippen LogP contribution is 2.69. The van der Waals surface area contributed by atoms with Crippen LogP contribution in [0.15, 0.2) is 123 Å². The molecule has 164 valence electrons. The molecule has 0 heterocycles. The summed E-state index contributed by atoms with van der Waals surface area (Å²) in [5.41, 5.74) is 3.15. The van der Waals surface area contributed by atoms with Gasteiger partial charge in [0.2, 0.25) is 0 Å². The average molecular weight is 464 g/mol. The van der Waals surface area contributed by atoms with Crippen LogP contribution < -0.4 is 0 Å². The van der Waals surface area contributed by atoms with Gasteiger partial charge in [-0.15, -0.1) is 8.42 Å². The molecular formula is C27H27O3S2+. The molecule has 0 aliphatic carbocycles. The number of benzene rings is 4. The van der Waals surface area contributed by atoms with Gasteiger partial charge in [-0.05, 0) is 68.8 Å². The second-order valence-corrected chi connectivity index (χ2v) is 12.4. The van der Waals surface area contributed by atoms with Gasteiger partial charge in [0.05, 0.1) is 25.0 Å². The summed E-state index contributed by atoms with van der Waals surface area (Å²) in [6, 6.07) is 32.6. The smallest absolute Gasteiger partial charge is 0.258 e. The summed E-state index contributed by atoms with van der Waals surface area (Å²) in [4.78, 5) is 2.90. The minimum absolute atomic E-state index is 0.205. The van der Waals surface area contributed by atoms with Crippen molar-refractivity contribution < 1.29 is 12.0 Å². The van der Waals surface area contributed by atoms with Crippen LogP contribution in [0.3, 0.4) is 0 Å². The third-order valence-corrected chi connectivity index (χ3v) is 10.9. The Kier molecular flexibility index (Phi) is 6.24. The Bertz CT molecular complexity index is 1280. The number of hydrogen-bond acceptors (Lipinski definition) is 2. The minimum atomic E-state index is -3.94. The van der Waals surface area contributed by atoms with E-state index in [1.807, 2.05) is 106 Å². The van der Waals surface area contributed by atoms with Crippen LogP contribution in [-0.2, 0) is 10.1 Å². The molecule has 0 bridgehead atoms. The van der Waals surface area contributed by atoms with Gasteiger partial charge in [0, 0.05) is 0 Å². The van der Waals surface area contributed by atoms with Gasteiger partial charge in [-0.3, -0.25) is 3.63 Å². The highest BCUT2D eigenvalue weighted by atomic mass is 32.3. The van der Waals surface area contributed by atoms with Crippen molar-refractivity contribution in [2.75, 3.05) is 0 Å². The zero-order chi connectivity index (χ0) is 22.8. The van der Waals surface area contributed by atoms with Crippen LogP contribution in [0, 0.1) is 20.8 Å². The first-order valence-corrected chi connectivity index (χ1v) is 13.4. The zero-order valence-corrected chi connectivity index (χ0v) is 20.0. The highest BCUT2D eigenvalue weighted by Gasteiger charge is 2.44. The molecule has 0 amide bonds. The summed E-state index contributed by atoms with van der Waals surface area (Å²) >= 11 is 0. The maximum Gasteiger partial charge on any atom is 0.422 e. The predicted octanol–water partition coefficient (Wildman–Crippen LogP) is 7.29. The highest BCUT2D eigenvalue weighted by molar-refractivity contribution is 8.32. The quantitative estimate of drug-likeness (QED) is 0.223. The van der Waals surface area contributed by atoms with E-state index in [1.54, 1.807) is 12.1 Å². The topological polar surface area (TPSA) is 46.9 Å². The van der Waals surface area contributed by atoms with Gasteiger partial charge in [-0.1, -0.05) is 71.8 Å². The van der Waals surface area contributed by atoms with Crippen molar-refractivity contribution in [1.82, 2.24) is 0 Å². The van der Waals surface area contributed by atoms with Crippen molar-refractivity contribution in [3.05, 3.63) is 120 Å². The lowest BCUT2D eigenvalue weighted by Gasteiger charge is -2.35. The standard InChI is InChI=1S/C27H26O3S2/c1-21-14-17-26(18-15-21)32(28,29)30-31(24-10-6-4-7-11-24,25-12-8-5-9-13-25)27-19-16-22(2)20-23(27)3/h4-20H,1-3H3/p+1. The van der Waals surface area contributed by atoms with Crippen molar-refractivity contribution in [3.8, 4) is 0 Å². The molecule has 0 aromatic heterocycles. The monoisotopic (exact) mass is 463 g/mol. The van der Waals surface area contributed by atoms with Crippen LogP contribution >= 0.6 is 10.3 Å². The molecule has 32 heavy (non-hydrogen) atoms. The number of aryl methyl sites for hydroxylation is 3. The average Bonchev–Trinajstić information content (AvgIpc) is 2.79. The molecule has 0 saturated heterocycles. The molecule has 4 aromatic rings. The van der Waals surface area contributed by atoms with E-state index in [0.29, 0.717) is 0 Å². The zero-order valence-electron chi connectivity index (χ0n) is 18.4. The molecule has 0 aliphatic heterocycles. The first-order valence-electron chi connectivity index (χ1n) is 10.4. The second-order valence-electron chi connectivity index (χ2n) is 7.84. The summed E-state index contributed by atoms with van der Waals surface area (Å²) in [7, 11) is -6.40. The Balaban J connectivity index is 2.04. The van der Waals surface area contributed by atoms with Crippen molar-refractivity contribution in [2.24, 2.45) is 0 Å². The SMILES string of the molecule is Cc1ccc(S(=O)(=O)[OH+]S(c2ccccc2)(c2ccccc2)c2ccc(C)cc2C)cc1. The molecule has 0 atom stereocenters. The van der Waals surface area contributed by atoms with Crippen molar-refractivity contribution in [1.29, 1.82) is 0 Å². The molecule has 1 N–H and O–H groups in total. The van der Waals surface area contributed by atoms with Gasteiger partial charge in [0.25, 0.3) is 0 Å². The van der Waals surface area contributed by atoms with Gasteiger partial charge in [-0.25, -0.2) is 0 Å². The molecule has 0 fully saturated rings. The Labute approximate surface area is 192 Å². The lowest BCUT2D eigenvalue weighted by Crippen LogP contribution is -2.19. The van der Waals surface area contributed by atoms with E-state index in [2.05, 4.69) is 6.07 Å². The van der Waals surface area contributed by atoms with Crippen LogP contribution in [0.5, 0.6) is 0 Å². The maximum absolute atomic E-state index is 13.7. The molecule has 3 nitrogen and oxygen atoms in total. The van der Waals surface area contributed by atoms with Crippen LogP contribution in [0.1, 0.15) is 16.7 Å². The lowest BCUT2D eigenvalue weighted by atomic mass is 10.2. The van der Waals surface area contributed by atoms with E-state index in [0.717, 1.165) is 31.4 Å². The van der Waals surface area contributed by atoms with Gasteiger partial charge in [0.15, 0.2) is 0 Å².